The van der Waals surface area contributed by atoms with Crippen LogP contribution in [0.25, 0.3) is 55.0 Å². The molecule has 0 unspecified atom stereocenters. The number of aromatic nitrogens is 2. The van der Waals surface area contributed by atoms with E-state index in [4.69, 9.17) is 0 Å². The Morgan fingerprint density at radius 2 is 0.921 bits per heavy atom. The van der Waals surface area contributed by atoms with Gasteiger partial charge < -0.3 is 9.13 Å². The summed E-state index contributed by atoms with van der Waals surface area (Å²) < 4.78 is 4.55. The van der Waals surface area contributed by atoms with E-state index in [9.17, 15) is 0 Å². The average molecular weight is 491 g/mol. The van der Waals surface area contributed by atoms with Crippen molar-refractivity contribution in [2.75, 3.05) is 0 Å². The summed E-state index contributed by atoms with van der Waals surface area (Å²) in [5, 5.41) is 5.01. The molecule has 6 rings (SSSR count). The van der Waals surface area contributed by atoms with Crippen molar-refractivity contribution in [2.24, 2.45) is 0 Å². The Kier molecular flexibility index (Phi) is 5.94. The Hall–Kier alpha value is -4.82. The summed E-state index contributed by atoms with van der Waals surface area (Å²) >= 11 is 0. The monoisotopic (exact) mass is 490 g/mol. The number of benzene rings is 4. The lowest BCUT2D eigenvalue weighted by atomic mass is 10.1. The zero-order valence-corrected chi connectivity index (χ0v) is 21.9. The Balaban J connectivity index is 1.30. The average Bonchev–Trinajstić information content (AvgIpc) is 3.47. The summed E-state index contributed by atoms with van der Waals surface area (Å²) in [7, 11) is 0. The summed E-state index contributed by atoms with van der Waals surface area (Å²) in [6, 6.07) is 34.1. The quantitative estimate of drug-likeness (QED) is 0.206. The van der Waals surface area contributed by atoms with Gasteiger partial charge in [-0.1, -0.05) is 98.1 Å². The van der Waals surface area contributed by atoms with Crippen molar-refractivity contribution in [1.29, 1.82) is 0 Å². The van der Waals surface area contributed by atoms with E-state index < -0.39 is 0 Å². The van der Waals surface area contributed by atoms with Crippen LogP contribution in [0.15, 0.2) is 146 Å². The molecule has 0 saturated heterocycles. The van der Waals surface area contributed by atoms with Gasteiger partial charge in [-0.25, -0.2) is 0 Å². The summed E-state index contributed by atoms with van der Waals surface area (Å²) in [5.74, 6) is 0. The lowest BCUT2D eigenvalue weighted by Crippen LogP contribution is -1.93. The molecule has 38 heavy (non-hydrogen) atoms. The van der Waals surface area contributed by atoms with Crippen LogP contribution in [0.3, 0.4) is 0 Å². The van der Waals surface area contributed by atoms with Gasteiger partial charge >= 0.3 is 0 Å². The summed E-state index contributed by atoms with van der Waals surface area (Å²) in [6.07, 6.45) is 8.44. The molecule has 0 aliphatic heterocycles. The van der Waals surface area contributed by atoms with Crippen LogP contribution in [0.1, 0.15) is 13.8 Å². The Labute approximate surface area is 223 Å². The number of fused-ring (bicyclic) bond motifs is 6. The van der Waals surface area contributed by atoms with Crippen LogP contribution in [-0.2, 0) is 0 Å². The third-order valence-corrected chi connectivity index (χ3v) is 7.36. The van der Waals surface area contributed by atoms with E-state index in [1.165, 1.54) is 32.6 Å². The fourth-order valence-electron chi connectivity index (χ4n) is 5.36. The highest BCUT2D eigenvalue weighted by Crippen LogP contribution is 2.33. The molecule has 4 aromatic carbocycles. The molecule has 184 valence electrons. The molecule has 0 bridgehead atoms. The number of hydrogen-bond acceptors (Lipinski definition) is 0. The van der Waals surface area contributed by atoms with Crippen molar-refractivity contribution in [1.82, 2.24) is 9.13 Å². The highest BCUT2D eigenvalue weighted by Gasteiger charge is 2.11. The molecule has 6 aromatic rings. The SMILES string of the molecule is C=C(/C=C\C(=C)n1c2ccccc2c2ccccc21)/C(C)=C/C=C(\C)n1c2ccccc2c2ccccc21. The molecule has 0 aliphatic rings. The predicted molar refractivity (Wildman–Crippen MR) is 166 cm³/mol. The maximum absolute atomic E-state index is 4.39. The van der Waals surface area contributed by atoms with E-state index >= 15 is 0 Å². The van der Waals surface area contributed by atoms with Crippen molar-refractivity contribution >= 4 is 55.0 Å². The third kappa shape index (κ3) is 3.91. The number of rotatable bonds is 6. The second-order valence-electron chi connectivity index (χ2n) is 9.75. The Bertz CT molecular complexity index is 1860. The number of allylic oxidation sites excluding steroid dienone is 8. The van der Waals surface area contributed by atoms with Crippen LogP contribution < -0.4 is 0 Å². The highest BCUT2D eigenvalue weighted by atomic mass is 15.0. The van der Waals surface area contributed by atoms with Crippen LogP contribution >= 0.6 is 0 Å². The van der Waals surface area contributed by atoms with E-state index in [0.717, 1.165) is 33.6 Å². The van der Waals surface area contributed by atoms with Crippen molar-refractivity contribution in [3.63, 3.8) is 0 Å². The molecule has 0 amide bonds. The predicted octanol–water partition coefficient (Wildman–Crippen LogP) is 9.99. The fourth-order valence-corrected chi connectivity index (χ4v) is 5.36. The molecular weight excluding hydrogens is 460 g/mol. The molecular formula is C36H30N2. The maximum atomic E-state index is 4.39. The van der Waals surface area contributed by atoms with Gasteiger partial charge in [0.15, 0.2) is 0 Å². The van der Waals surface area contributed by atoms with E-state index in [2.05, 4.69) is 158 Å². The molecule has 0 radical (unpaired) electrons. The van der Waals surface area contributed by atoms with Crippen LogP contribution in [0.4, 0.5) is 0 Å². The lowest BCUT2D eigenvalue weighted by Gasteiger charge is -2.08. The van der Waals surface area contributed by atoms with E-state index in [1.54, 1.807) is 0 Å². The summed E-state index contributed by atoms with van der Waals surface area (Å²) in [6.45, 7) is 13.0. The van der Waals surface area contributed by atoms with Gasteiger partial charge in [-0.3, -0.25) is 0 Å². The minimum atomic E-state index is 0.911. The Morgan fingerprint density at radius 1 is 0.526 bits per heavy atom. The van der Waals surface area contributed by atoms with Crippen molar-refractivity contribution in [3.8, 4) is 0 Å². The fraction of sp³-hybridized carbons (Fsp3) is 0.0556. The first-order valence-corrected chi connectivity index (χ1v) is 12.9. The maximum Gasteiger partial charge on any atom is 0.0540 e. The van der Waals surface area contributed by atoms with Gasteiger partial charge in [-0.15, -0.1) is 0 Å². The summed E-state index contributed by atoms with van der Waals surface area (Å²) in [4.78, 5) is 0. The number of hydrogen-bond donors (Lipinski definition) is 0. The third-order valence-electron chi connectivity index (χ3n) is 7.36. The minimum absolute atomic E-state index is 0.911. The molecule has 2 heteroatoms. The molecule has 2 nitrogen and oxygen atoms in total. The summed E-state index contributed by atoms with van der Waals surface area (Å²) in [5.41, 5.74) is 8.89. The molecule has 0 atom stereocenters. The van der Waals surface area contributed by atoms with Gasteiger partial charge in [0.1, 0.15) is 0 Å². The molecule has 2 heterocycles. The first-order valence-electron chi connectivity index (χ1n) is 12.9. The highest BCUT2D eigenvalue weighted by molar-refractivity contribution is 6.11. The largest absolute Gasteiger partial charge is 0.313 e. The second-order valence-corrected chi connectivity index (χ2v) is 9.75. The molecule has 0 aliphatic carbocycles. The minimum Gasteiger partial charge on any atom is -0.313 e. The zero-order valence-electron chi connectivity index (χ0n) is 21.9. The number of para-hydroxylation sites is 4. The molecule has 0 spiro atoms. The topological polar surface area (TPSA) is 9.86 Å². The zero-order chi connectivity index (χ0) is 26.2. The van der Waals surface area contributed by atoms with Gasteiger partial charge in [-0.05, 0) is 61.4 Å². The first-order chi connectivity index (χ1) is 18.5. The normalized spacial score (nSPS) is 12.9. The van der Waals surface area contributed by atoms with Gasteiger partial charge in [0.2, 0.25) is 0 Å². The van der Waals surface area contributed by atoms with E-state index in [1.807, 2.05) is 0 Å². The van der Waals surface area contributed by atoms with Gasteiger partial charge in [0, 0.05) is 32.9 Å². The van der Waals surface area contributed by atoms with Gasteiger partial charge in [0.25, 0.3) is 0 Å². The standard InChI is InChI=1S/C36H30N2/c1-25(21-23-27(3)37-33-17-9-5-13-29(33)30-14-6-10-18-34(30)37)26(2)22-24-28(4)38-35-19-11-7-15-31(35)32-16-8-12-20-36(32)38/h5-24H,1,3H2,2,4H3/b23-21-,26-22+,28-24+. The van der Waals surface area contributed by atoms with E-state index in [-0.39, 0.29) is 0 Å². The van der Waals surface area contributed by atoms with Crippen LogP contribution in [0, 0.1) is 0 Å². The van der Waals surface area contributed by atoms with Crippen LogP contribution in [-0.4, -0.2) is 9.13 Å². The molecule has 0 saturated carbocycles. The van der Waals surface area contributed by atoms with Gasteiger partial charge in [0.05, 0.1) is 22.1 Å². The smallest absolute Gasteiger partial charge is 0.0540 e. The first kappa shape index (κ1) is 23.6. The van der Waals surface area contributed by atoms with Crippen LogP contribution in [0.5, 0.6) is 0 Å². The van der Waals surface area contributed by atoms with E-state index in [0.29, 0.717) is 0 Å². The van der Waals surface area contributed by atoms with Crippen molar-refractivity contribution in [3.05, 3.63) is 146 Å². The molecule has 0 fully saturated rings. The number of nitrogens with zero attached hydrogens (tertiary/aromatic N) is 2. The van der Waals surface area contributed by atoms with Gasteiger partial charge in [-0.2, -0.15) is 0 Å². The van der Waals surface area contributed by atoms with Crippen molar-refractivity contribution in [2.45, 2.75) is 13.8 Å². The molecule has 2 aromatic heterocycles. The molecule has 0 N–H and O–H groups in total. The Morgan fingerprint density at radius 3 is 1.37 bits per heavy atom. The van der Waals surface area contributed by atoms with Crippen LogP contribution in [0.2, 0.25) is 0 Å². The van der Waals surface area contributed by atoms with Crippen molar-refractivity contribution < 1.29 is 0 Å². The second kappa shape index (κ2) is 9.57. The lowest BCUT2D eigenvalue weighted by molar-refractivity contribution is 1.20.